The highest BCUT2D eigenvalue weighted by molar-refractivity contribution is 5.98. The second-order valence-corrected chi connectivity index (χ2v) is 8.94. The summed E-state index contributed by atoms with van der Waals surface area (Å²) in [6.45, 7) is 9.44. The Kier molecular flexibility index (Phi) is 7.67. The van der Waals surface area contributed by atoms with Crippen molar-refractivity contribution in [1.29, 1.82) is 0 Å². The third-order valence-electron chi connectivity index (χ3n) is 5.55. The number of aromatic nitrogens is 3. The zero-order valence-corrected chi connectivity index (χ0v) is 19.7. The van der Waals surface area contributed by atoms with Gasteiger partial charge in [0.2, 0.25) is 5.95 Å². The SMILES string of the molecule is CC(C)c1cc(Nc2nc(N3CCCC[C@@H](OC(N)=O)C3)ncc2C(N)=O)cc(C(C)C)n1. The van der Waals surface area contributed by atoms with Crippen LogP contribution >= 0.6 is 0 Å². The predicted molar refractivity (Wildman–Crippen MR) is 127 cm³/mol. The highest BCUT2D eigenvalue weighted by atomic mass is 16.6. The number of nitrogens with one attached hydrogen (secondary N) is 1. The van der Waals surface area contributed by atoms with Crippen LogP contribution in [-0.2, 0) is 4.74 Å². The molecule has 0 radical (unpaired) electrons. The smallest absolute Gasteiger partial charge is 0.404 e. The Morgan fingerprint density at radius 3 is 2.33 bits per heavy atom. The Bertz CT molecular complexity index is 983. The summed E-state index contributed by atoms with van der Waals surface area (Å²) in [4.78, 5) is 39.0. The van der Waals surface area contributed by atoms with Crippen LogP contribution in [0.5, 0.6) is 0 Å². The zero-order chi connectivity index (χ0) is 24.1. The molecule has 0 unspecified atom stereocenters. The molecule has 1 atom stereocenters. The predicted octanol–water partition coefficient (Wildman–Crippen LogP) is 3.42. The molecule has 2 aromatic heterocycles. The maximum absolute atomic E-state index is 12.1. The fourth-order valence-corrected chi connectivity index (χ4v) is 3.72. The van der Waals surface area contributed by atoms with Gasteiger partial charge < -0.3 is 26.4 Å². The molecule has 0 spiro atoms. The summed E-state index contributed by atoms with van der Waals surface area (Å²) in [5, 5.41) is 3.26. The molecule has 10 nitrogen and oxygen atoms in total. The summed E-state index contributed by atoms with van der Waals surface area (Å²) >= 11 is 0. The lowest BCUT2D eigenvalue weighted by molar-refractivity contribution is 0.0998. The fraction of sp³-hybridized carbons (Fsp3) is 0.522. The molecule has 10 heteroatoms. The molecular weight excluding hydrogens is 422 g/mol. The first-order valence-electron chi connectivity index (χ1n) is 11.3. The first-order chi connectivity index (χ1) is 15.6. The summed E-state index contributed by atoms with van der Waals surface area (Å²) in [5.74, 6) is 0.585. The highest BCUT2D eigenvalue weighted by Gasteiger charge is 2.24. The number of pyridine rings is 1. The van der Waals surface area contributed by atoms with Gasteiger partial charge in [-0.05, 0) is 43.2 Å². The Hall–Kier alpha value is -3.43. The summed E-state index contributed by atoms with van der Waals surface area (Å²) in [6.07, 6.45) is 2.79. The van der Waals surface area contributed by atoms with Crippen molar-refractivity contribution in [3.8, 4) is 0 Å². The quantitative estimate of drug-likeness (QED) is 0.575. The van der Waals surface area contributed by atoms with Crippen molar-refractivity contribution in [2.45, 2.75) is 64.9 Å². The number of anilines is 3. The van der Waals surface area contributed by atoms with Gasteiger partial charge in [-0.15, -0.1) is 0 Å². The van der Waals surface area contributed by atoms with E-state index in [0.29, 0.717) is 24.9 Å². The summed E-state index contributed by atoms with van der Waals surface area (Å²) in [7, 11) is 0. The number of carbonyl (C=O) groups excluding carboxylic acids is 2. The Morgan fingerprint density at radius 1 is 1.09 bits per heavy atom. The third-order valence-corrected chi connectivity index (χ3v) is 5.55. The number of amides is 2. The lowest BCUT2D eigenvalue weighted by atomic mass is 10.0. The molecule has 0 aliphatic carbocycles. The Labute approximate surface area is 194 Å². The summed E-state index contributed by atoms with van der Waals surface area (Å²) in [6, 6.07) is 3.90. The minimum absolute atomic E-state index is 0.188. The molecule has 33 heavy (non-hydrogen) atoms. The van der Waals surface area contributed by atoms with E-state index in [4.69, 9.17) is 21.2 Å². The number of hydrogen-bond donors (Lipinski definition) is 3. The molecule has 2 aromatic rings. The topological polar surface area (TPSA) is 149 Å². The number of nitrogens with zero attached hydrogens (tertiary/aromatic N) is 4. The Balaban J connectivity index is 1.96. The maximum atomic E-state index is 12.1. The van der Waals surface area contributed by atoms with Crippen LogP contribution in [0.3, 0.4) is 0 Å². The lowest BCUT2D eigenvalue weighted by Crippen LogP contribution is -2.36. The maximum Gasteiger partial charge on any atom is 0.404 e. The molecule has 1 saturated heterocycles. The molecule has 0 saturated carbocycles. The van der Waals surface area contributed by atoms with Crippen molar-refractivity contribution in [3.63, 3.8) is 0 Å². The van der Waals surface area contributed by atoms with Gasteiger partial charge in [0.25, 0.3) is 5.91 Å². The van der Waals surface area contributed by atoms with E-state index >= 15 is 0 Å². The second kappa shape index (κ2) is 10.5. The minimum atomic E-state index is -0.797. The van der Waals surface area contributed by atoms with Crippen LogP contribution in [0.25, 0.3) is 0 Å². The van der Waals surface area contributed by atoms with Crippen LogP contribution in [0.2, 0.25) is 0 Å². The molecule has 5 N–H and O–H groups in total. The van der Waals surface area contributed by atoms with Crippen molar-refractivity contribution >= 4 is 29.5 Å². The molecule has 2 amide bonds. The second-order valence-electron chi connectivity index (χ2n) is 8.94. The van der Waals surface area contributed by atoms with E-state index in [0.717, 1.165) is 36.3 Å². The fourth-order valence-electron chi connectivity index (χ4n) is 3.72. The van der Waals surface area contributed by atoms with Crippen LogP contribution in [0.1, 0.15) is 80.5 Å². The Morgan fingerprint density at radius 2 is 1.76 bits per heavy atom. The number of primary amides is 2. The van der Waals surface area contributed by atoms with Gasteiger partial charge in [0.15, 0.2) is 0 Å². The number of ether oxygens (including phenoxy) is 1. The van der Waals surface area contributed by atoms with Crippen LogP contribution in [0.15, 0.2) is 18.3 Å². The summed E-state index contributed by atoms with van der Waals surface area (Å²) < 4.78 is 5.23. The van der Waals surface area contributed by atoms with Crippen LogP contribution in [0, 0.1) is 0 Å². The molecule has 1 aliphatic rings. The monoisotopic (exact) mass is 455 g/mol. The van der Waals surface area contributed by atoms with Gasteiger partial charge in [-0.25, -0.2) is 9.78 Å². The van der Waals surface area contributed by atoms with E-state index in [2.05, 4.69) is 43.0 Å². The van der Waals surface area contributed by atoms with Crippen molar-refractivity contribution in [3.05, 3.63) is 35.3 Å². The lowest BCUT2D eigenvalue weighted by Gasteiger charge is -2.24. The van der Waals surface area contributed by atoms with Crippen LogP contribution < -0.4 is 21.7 Å². The molecule has 3 heterocycles. The van der Waals surface area contributed by atoms with E-state index in [1.807, 2.05) is 17.0 Å². The number of carbonyl (C=O) groups is 2. The first-order valence-corrected chi connectivity index (χ1v) is 11.3. The van der Waals surface area contributed by atoms with E-state index in [-0.39, 0.29) is 23.5 Å². The molecule has 1 aliphatic heterocycles. The van der Waals surface area contributed by atoms with Gasteiger partial charge in [0.1, 0.15) is 17.5 Å². The normalized spacial score (nSPS) is 16.5. The number of hydrogen-bond acceptors (Lipinski definition) is 8. The van der Waals surface area contributed by atoms with E-state index in [1.165, 1.54) is 6.20 Å². The molecule has 3 rings (SSSR count). The standard InChI is InChI=1S/C23H33N7O3/c1-13(2)18-9-15(10-19(28-18)14(3)4)27-21-17(20(24)31)11-26-23(29-21)30-8-6-5-7-16(12-30)33-22(25)32/h9-11,13-14,16H,5-8,12H2,1-4H3,(H2,24,31)(H2,25,32)(H,26,27,28,29)/t16-/m1/s1. The van der Waals surface area contributed by atoms with Crippen molar-refractivity contribution in [2.24, 2.45) is 11.5 Å². The van der Waals surface area contributed by atoms with Crippen molar-refractivity contribution in [1.82, 2.24) is 15.0 Å². The first kappa shape index (κ1) is 24.2. The molecule has 0 bridgehead atoms. The molecular formula is C23H33N7O3. The third kappa shape index (κ3) is 6.30. The molecule has 0 aromatic carbocycles. The van der Waals surface area contributed by atoms with E-state index in [9.17, 15) is 9.59 Å². The van der Waals surface area contributed by atoms with Gasteiger partial charge in [0, 0.05) is 29.8 Å². The minimum Gasteiger partial charge on any atom is -0.445 e. The van der Waals surface area contributed by atoms with Gasteiger partial charge in [-0.2, -0.15) is 4.98 Å². The molecule has 178 valence electrons. The average molecular weight is 456 g/mol. The number of nitrogens with two attached hydrogens (primary N) is 2. The van der Waals surface area contributed by atoms with Gasteiger partial charge in [-0.1, -0.05) is 27.7 Å². The summed E-state index contributed by atoms with van der Waals surface area (Å²) in [5.41, 5.74) is 13.7. The van der Waals surface area contributed by atoms with Crippen LogP contribution in [0.4, 0.5) is 22.2 Å². The van der Waals surface area contributed by atoms with Gasteiger partial charge in [-0.3, -0.25) is 9.78 Å². The highest BCUT2D eigenvalue weighted by Crippen LogP contribution is 2.27. The number of rotatable bonds is 7. The van der Waals surface area contributed by atoms with Crippen molar-refractivity contribution in [2.75, 3.05) is 23.3 Å². The van der Waals surface area contributed by atoms with Gasteiger partial charge >= 0.3 is 6.09 Å². The largest absolute Gasteiger partial charge is 0.445 e. The van der Waals surface area contributed by atoms with Crippen molar-refractivity contribution < 1.29 is 14.3 Å². The van der Waals surface area contributed by atoms with E-state index in [1.54, 1.807) is 0 Å². The molecule has 1 fully saturated rings. The van der Waals surface area contributed by atoms with Gasteiger partial charge in [0.05, 0.1) is 6.54 Å². The average Bonchev–Trinajstić information content (AvgIpc) is 2.98. The van der Waals surface area contributed by atoms with Crippen LogP contribution in [-0.4, -0.2) is 46.1 Å². The zero-order valence-electron chi connectivity index (χ0n) is 19.7. The van der Waals surface area contributed by atoms with E-state index < -0.39 is 12.0 Å².